The monoisotopic (exact) mass is 816 g/mol. The normalized spacial score (nSPS) is 13.0. The van der Waals surface area contributed by atoms with Gasteiger partial charge in [0, 0.05) is 12.8 Å². The molecule has 0 aliphatic heterocycles. The summed E-state index contributed by atoms with van der Waals surface area (Å²) in [6.07, 6.45) is 57.1. The topological polar surface area (TPSA) is 95.9 Å². The molecule has 58 heavy (non-hydrogen) atoms. The molecular formula is C52H97NO5. The van der Waals surface area contributed by atoms with Gasteiger partial charge in [0.25, 0.3) is 0 Å². The van der Waals surface area contributed by atoms with Gasteiger partial charge in [-0.15, -0.1) is 0 Å². The van der Waals surface area contributed by atoms with Crippen molar-refractivity contribution in [3.63, 3.8) is 0 Å². The van der Waals surface area contributed by atoms with Gasteiger partial charge in [-0.3, -0.25) is 9.59 Å². The average Bonchev–Trinajstić information content (AvgIpc) is 3.22. The summed E-state index contributed by atoms with van der Waals surface area (Å²) in [6, 6.07) is -0.635. The van der Waals surface area contributed by atoms with Crippen LogP contribution in [0.2, 0.25) is 0 Å². The number of amides is 1. The molecule has 2 atom stereocenters. The average molecular weight is 816 g/mol. The van der Waals surface area contributed by atoms with Crippen LogP contribution in [0.25, 0.3) is 0 Å². The molecule has 0 spiro atoms. The largest absolute Gasteiger partial charge is 0.466 e. The number of hydrogen-bond acceptors (Lipinski definition) is 5. The van der Waals surface area contributed by atoms with Crippen LogP contribution in [0.15, 0.2) is 36.5 Å². The number of carbonyl (C=O) groups is 2. The third-order valence-electron chi connectivity index (χ3n) is 11.4. The van der Waals surface area contributed by atoms with Crippen molar-refractivity contribution in [1.82, 2.24) is 5.32 Å². The molecular weight excluding hydrogens is 719 g/mol. The molecule has 3 N–H and O–H groups in total. The van der Waals surface area contributed by atoms with E-state index in [0.717, 1.165) is 64.2 Å². The summed E-state index contributed by atoms with van der Waals surface area (Å²) in [6.45, 7) is 4.83. The number of aliphatic hydroxyl groups excluding tert-OH is 2. The lowest BCUT2D eigenvalue weighted by atomic mass is 10.0. The van der Waals surface area contributed by atoms with Crippen molar-refractivity contribution in [2.75, 3.05) is 13.2 Å². The molecule has 0 saturated carbocycles. The van der Waals surface area contributed by atoms with Crippen LogP contribution in [0.3, 0.4) is 0 Å². The van der Waals surface area contributed by atoms with Gasteiger partial charge in [0.2, 0.25) is 5.91 Å². The van der Waals surface area contributed by atoms with E-state index in [2.05, 4.69) is 43.5 Å². The molecule has 1 amide bonds. The summed E-state index contributed by atoms with van der Waals surface area (Å²) in [5, 5.41) is 23.0. The van der Waals surface area contributed by atoms with Crippen LogP contribution in [0.4, 0.5) is 0 Å². The van der Waals surface area contributed by atoms with Crippen LogP contribution >= 0.6 is 0 Å². The highest BCUT2D eigenvalue weighted by atomic mass is 16.5. The first-order valence-corrected chi connectivity index (χ1v) is 25.3. The molecule has 340 valence electrons. The molecule has 0 aliphatic rings. The smallest absolute Gasteiger partial charge is 0.305 e. The maximum Gasteiger partial charge on any atom is 0.305 e. The van der Waals surface area contributed by atoms with E-state index in [4.69, 9.17) is 4.74 Å². The number of aliphatic hydroxyl groups is 2. The van der Waals surface area contributed by atoms with Crippen LogP contribution in [0, 0.1) is 0 Å². The molecule has 0 heterocycles. The van der Waals surface area contributed by atoms with E-state index in [9.17, 15) is 19.8 Å². The van der Waals surface area contributed by atoms with Crippen LogP contribution < -0.4 is 5.32 Å². The lowest BCUT2D eigenvalue weighted by molar-refractivity contribution is -0.143. The molecule has 0 aromatic rings. The van der Waals surface area contributed by atoms with E-state index in [1.54, 1.807) is 6.08 Å². The molecule has 0 rings (SSSR count). The second-order valence-corrected chi connectivity index (χ2v) is 17.1. The molecule has 6 heteroatoms. The fraction of sp³-hybridized carbons (Fsp3) is 0.846. The molecule has 0 aromatic heterocycles. The van der Waals surface area contributed by atoms with Crippen LogP contribution in [-0.2, 0) is 14.3 Å². The van der Waals surface area contributed by atoms with Crippen molar-refractivity contribution < 1.29 is 24.5 Å². The van der Waals surface area contributed by atoms with Crippen molar-refractivity contribution in [2.45, 2.75) is 270 Å². The van der Waals surface area contributed by atoms with Gasteiger partial charge < -0.3 is 20.3 Å². The van der Waals surface area contributed by atoms with E-state index in [1.165, 1.54) is 167 Å². The Bertz CT molecular complexity index is 946. The van der Waals surface area contributed by atoms with Crippen molar-refractivity contribution in [3.8, 4) is 0 Å². The van der Waals surface area contributed by atoms with Crippen molar-refractivity contribution in [3.05, 3.63) is 36.5 Å². The van der Waals surface area contributed by atoms with Crippen LogP contribution in [-0.4, -0.2) is 47.4 Å². The SMILES string of the molecule is CCCCC/C=C\C/C=C\CCCCCCCC(=O)OCCCCCCCCCCCCCCCCC(=O)NC(CO)C(O)/C=C/CCCCCCCCCCCC. The van der Waals surface area contributed by atoms with E-state index < -0.39 is 12.1 Å². The Hall–Kier alpha value is -1.92. The van der Waals surface area contributed by atoms with Gasteiger partial charge in [0.05, 0.1) is 25.4 Å². The number of unbranched alkanes of at least 4 members (excludes halogenated alkanes) is 31. The number of rotatable bonds is 46. The fourth-order valence-electron chi connectivity index (χ4n) is 7.49. The van der Waals surface area contributed by atoms with Gasteiger partial charge in [0.15, 0.2) is 0 Å². The highest BCUT2D eigenvalue weighted by Gasteiger charge is 2.18. The highest BCUT2D eigenvalue weighted by Crippen LogP contribution is 2.15. The van der Waals surface area contributed by atoms with Gasteiger partial charge >= 0.3 is 5.97 Å². The lowest BCUT2D eigenvalue weighted by Crippen LogP contribution is -2.45. The molecule has 2 unspecified atom stereocenters. The zero-order chi connectivity index (χ0) is 42.3. The second kappa shape index (κ2) is 47.8. The summed E-state index contributed by atoms with van der Waals surface area (Å²) < 4.78 is 5.45. The third kappa shape index (κ3) is 43.7. The van der Waals surface area contributed by atoms with Crippen molar-refractivity contribution >= 4 is 11.9 Å². The maximum absolute atomic E-state index is 12.4. The van der Waals surface area contributed by atoms with Gasteiger partial charge in [-0.25, -0.2) is 0 Å². The minimum atomic E-state index is -0.851. The molecule has 0 aromatic carbocycles. The Kier molecular flexibility index (Phi) is 46.2. The predicted octanol–water partition coefficient (Wildman–Crippen LogP) is 14.9. The molecule has 0 saturated heterocycles. The quantitative estimate of drug-likeness (QED) is 0.0323. The zero-order valence-electron chi connectivity index (χ0n) is 38.5. The summed E-state index contributed by atoms with van der Waals surface area (Å²) >= 11 is 0. The van der Waals surface area contributed by atoms with E-state index >= 15 is 0 Å². The fourth-order valence-corrected chi connectivity index (χ4v) is 7.49. The second-order valence-electron chi connectivity index (χ2n) is 17.1. The lowest BCUT2D eigenvalue weighted by Gasteiger charge is -2.20. The van der Waals surface area contributed by atoms with Crippen molar-refractivity contribution in [2.24, 2.45) is 0 Å². The molecule has 0 fully saturated rings. The highest BCUT2D eigenvalue weighted by molar-refractivity contribution is 5.76. The van der Waals surface area contributed by atoms with Gasteiger partial charge in [0.1, 0.15) is 0 Å². The summed E-state index contributed by atoms with van der Waals surface area (Å²) in [5.41, 5.74) is 0. The molecule has 0 bridgehead atoms. The first kappa shape index (κ1) is 56.1. The summed E-state index contributed by atoms with van der Waals surface area (Å²) in [4.78, 5) is 24.4. The number of ether oxygens (including phenoxy) is 1. The Balaban J connectivity index is 3.48. The first-order valence-electron chi connectivity index (χ1n) is 25.3. The number of hydrogen-bond donors (Lipinski definition) is 3. The number of carbonyl (C=O) groups excluding carboxylic acids is 2. The van der Waals surface area contributed by atoms with E-state index in [-0.39, 0.29) is 18.5 Å². The number of allylic oxidation sites excluding steroid dienone is 5. The van der Waals surface area contributed by atoms with Crippen molar-refractivity contribution in [1.29, 1.82) is 0 Å². The standard InChI is InChI=1S/C52H97NO5/c1-3-5-7-9-11-13-15-17-18-22-26-30-34-38-42-46-52(57)58-47-43-39-35-31-27-23-20-19-21-25-29-33-37-41-45-51(56)53-49(48-54)50(55)44-40-36-32-28-24-16-14-12-10-8-6-4-2/h11,13,17-18,40,44,49-50,54-55H,3-10,12,14-16,19-39,41-43,45-48H2,1-2H3,(H,53,56)/b13-11-,18-17-,44-40+. The molecule has 0 radical (unpaired) electrons. The minimum Gasteiger partial charge on any atom is -0.466 e. The Labute approximate surface area is 360 Å². The predicted molar refractivity (Wildman–Crippen MR) is 250 cm³/mol. The van der Waals surface area contributed by atoms with Gasteiger partial charge in [-0.1, -0.05) is 217 Å². The van der Waals surface area contributed by atoms with E-state index in [0.29, 0.717) is 19.4 Å². The zero-order valence-corrected chi connectivity index (χ0v) is 38.5. The van der Waals surface area contributed by atoms with Crippen LogP contribution in [0.1, 0.15) is 258 Å². The number of nitrogens with one attached hydrogen (secondary N) is 1. The Morgan fingerprint density at radius 3 is 1.34 bits per heavy atom. The molecule has 0 aliphatic carbocycles. The maximum atomic E-state index is 12.4. The summed E-state index contributed by atoms with van der Waals surface area (Å²) in [5.74, 6) is -0.0990. The van der Waals surface area contributed by atoms with Gasteiger partial charge in [-0.2, -0.15) is 0 Å². The molecule has 6 nitrogen and oxygen atoms in total. The van der Waals surface area contributed by atoms with E-state index in [1.807, 2.05) is 6.08 Å². The third-order valence-corrected chi connectivity index (χ3v) is 11.4. The van der Waals surface area contributed by atoms with Crippen LogP contribution in [0.5, 0.6) is 0 Å². The Morgan fingerprint density at radius 2 is 0.862 bits per heavy atom. The first-order chi connectivity index (χ1) is 28.5. The Morgan fingerprint density at radius 1 is 0.483 bits per heavy atom. The minimum absolute atomic E-state index is 0.0182. The number of esters is 1. The van der Waals surface area contributed by atoms with Gasteiger partial charge in [-0.05, 0) is 64.2 Å². The summed E-state index contributed by atoms with van der Waals surface area (Å²) in [7, 11) is 0.